The molecule has 0 N–H and O–H groups in total. The van der Waals surface area contributed by atoms with E-state index in [1.54, 1.807) is 0 Å². The van der Waals surface area contributed by atoms with Crippen molar-refractivity contribution in [2.75, 3.05) is 13.2 Å². The Morgan fingerprint density at radius 2 is 2.47 bits per heavy atom. The topological polar surface area (TPSA) is 46.6 Å². The number of hydrogen-bond acceptors (Lipinski definition) is 3. The molecule has 1 amide bonds. The molecule has 1 atom stereocenters. The summed E-state index contributed by atoms with van der Waals surface area (Å²) in [5, 5.41) is 0. The summed E-state index contributed by atoms with van der Waals surface area (Å²) in [6, 6.07) is 0. The average molecular weight is 213 g/mol. The summed E-state index contributed by atoms with van der Waals surface area (Å²) in [6.45, 7) is 3.73. The smallest absolute Gasteiger partial charge is 0.354 e. The molecule has 1 rings (SSSR count). The van der Waals surface area contributed by atoms with Crippen LogP contribution in [0.5, 0.6) is 0 Å². The van der Waals surface area contributed by atoms with E-state index in [2.05, 4.69) is 11.3 Å². The molecule has 1 heterocycles. The Hall–Kier alpha value is -1.33. The molecular formula is C9H13BFNO3. The van der Waals surface area contributed by atoms with Crippen LogP contribution in [-0.4, -0.2) is 43.5 Å². The number of halogens is 1. The second-order valence-corrected chi connectivity index (χ2v) is 3.52. The summed E-state index contributed by atoms with van der Waals surface area (Å²) >= 11 is 0. The first-order valence-electron chi connectivity index (χ1n) is 4.75. The Labute approximate surface area is 88.5 Å². The monoisotopic (exact) mass is 213 g/mol. The van der Waals surface area contributed by atoms with Gasteiger partial charge >= 0.3 is 5.97 Å². The minimum atomic E-state index is -2.50. The number of hydrogen-bond donors (Lipinski definition) is 0. The largest absolute Gasteiger partial charge is 0.459 e. The molecular weight excluding hydrogens is 200 g/mol. The maximum absolute atomic E-state index is 14.0. The Bertz CT molecular complexity index is 297. The van der Waals surface area contributed by atoms with E-state index in [4.69, 9.17) is 0 Å². The molecule has 0 bridgehead atoms. The van der Waals surface area contributed by atoms with Gasteiger partial charge in [0.05, 0.1) is 0 Å². The molecule has 0 aromatic heterocycles. The van der Waals surface area contributed by atoms with Crippen molar-refractivity contribution in [1.29, 1.82) is 0 Å². The first kappa shape index (κ1) is 11.7. The van der Waals surface area contributed by atoms with Crippen molar-refractivity contribution in [2.45, 2.75) is 18.5 Å². The molecule has 4 nitrogen and oxygen atoms in total. The van der Waals surface area contributed by atoms with Gasteiger partial charge in [0.2, 0.25) is 7.98 Å². The normalized spacial score (nSPS) is 26.2. The fourth-order valence-electron chi connectivity index (χ4n) is 1.51. The van der Waals surface area contributed by atoms with Crippen LogP contribution in [0.2, 0.25) is 0 Å². The molecule has 1 fully saturated rings. The van der Waals surface area contributed by atoms with Crippen LogP contribution in [0.3, 0.4) is 0 Å². The fourth-order valence-corrected chi connectivity index (χ4v) is 1.51. The SMILES string of the molecule is BN1CCCC(F)(C(=O)OCC=C)C1=O. The zero-order valence-corrected chi connectivity index (χ0v) is 8.66. The molecule has 82 valence electrons. The van der Waals surface area contributed by atoms with Crippen molar-refractivity contribution < 1.29 is 18.7 Å². The van der Waals surface area contributed by atoms with Crippen molar-refractivity contribution in [3.05, 3.63) is 12.7 Å². The standard InChI is InChI=1S/C9H13BFNO3/c1-2-6-15-8(14)9(11)4-3-5-12(10)7(9)13/h2H,1,3-6,10H2. The predicted octanol–water partition coefficient (Wildman–Crippen LogP) is -0.406. The Morgan fingerprint density at radius 1 is 1.80 bits per heavy atom. The maximum Gasteiger partial charge on any atom is 0.354 e. The van der Waals surface area contributed by atoms with Crippen LogP contribution in [0, 0.1) is 0 Å². The highest BCUT2D eigenvalue weighted by Gasteiger charge is 2.51. The van der Waals surface area contributed by atoms with E-state index in [9.17, 15) is 14.0 Å². The van der Waals surface area contributed by atoms with Crippen molar-refractivity contribution in [1.82, 2.24) is 4.81 Å². The van der Waals surface area contributed by atoms with Gasteiger partial charge in [-0.3, -0.25) is 4.79 Å². The molecule has 0 spiro atoms. The molecule has 1 unspecified atom stereocenters. The van der Waals surface area contributed by atoms with E-state index in [-0.39, 0.29) is 13.0 Å². The van der Waals surface area contributed by atoms with Gasteiger partial charge in [-0.25, -0.2) is 9.18 Å². The van der Waals surface area contributed by atoms with Gasteiger partial charge in [0.15, 0.2) is 0 Å². The van der Waals surface area contributed by atoms with Crippen LogP contribution in [0.25, 0.3) is 0 Å². The number of piperidine rings is 1. The second kappa shape index (κ2) is 4.46. The van der Waals surface area contributed by atoms with E-state index in [1.165, 1.54) is 18.9 Å². The van der Waals surface area contributed by atoms with Crippen LogP contribution < -0.4 is 0 Å². The highest BCUT2D eigenvalue weighted by molar-refractivity contribution is 6.20. The van der Waals surface area contributed by atoms with Gasteiger partial charge in [0.1, 0.15) is 6.61 Å². The fraction of sp³-hybridized carbons (Fsp3) is 0.556. The van der Waals surface area contributed by atoms with Crippen LogP contribution in [0.15, 0.2) is 12.7 Å². The van der Waals surface area contributed by atoms with E-state index in [0.717, 1.165) is 0 Å². The van der Waals surface area contributed by atoms with Crippen molar-refractivity contribution in [2.24, 2.45) is 0 Å². The van der Waals surface area contributed by atoms with E-state index < -0.39 is 17.5 Å². The lowest BCUT2D eigenvalue weighted by atomic mass is 9.92. The maximum atomic E-state index is 14.0. The molecule has 1 aliphatic heterocycles. The number of ether oxygens (including phenoxy) is 1. The lowest BCUT2D eigenvalue weighted by molar-refractivity contribution is -0.167. The Balaban J connectivity index is 2.75. The number of nitrogens with zero attached hydrogens (tertiary/aromatic N) is 1. The zero-order valence-electron chi connectivity index (χ0n) is 8.66. The van der Waals surface area contributed by atoms with Crippen molar-refractivity contribution >= 4 is 19.9 Å². The molecule has 0 aliphatic carbocycles. The third-order valence-electron chi connectivity index (χ3n) is 2.36. The Kier molecular flexibility index (Phi) is 3.50. The molecule has 0 aromatic rings. The van der Waals surface area contributed by atoms with Crippen LogP contribution in [0.4, 0.5) is 4.39 Å². The molecule has 1 aliphatic rings. The molecule has 1 saturated heterocycles. The van der Waals surface area contributed by atoms with Gasteiger partial charge in [0.25, 0.3) is 11.6 Å². The number of carbonyl (C=O) groups excluding carboxylic acids is 2. The zero-order chi connectivity index (χ0) is 11.5. The first-order chi connectivity index (χ1) is 7.02. The second-order valence-electron chi connectivity index (χ2n) is 3.52. The van der Waals surface area contributed by atoms with E-state index in [0.29, 0.717) is 13.0 Å². The summed E-state index contributed by atoms with van der Waals surface area (Å²) in [5.74, 6) is -1.93. The first-order valence-corrected chi connectivity index (χ1v) is 4.75. The molecule has 0 radical (unpaired) electrons. The lowest BCUT2D eigenvalue weighted by Gasteiger charge is -2.32. The highest BCUT2D eigenvalue weighted by Crippen LogP contribution is 2.27. The quantitative estimate of drug-likeness (QED) is 0.277. The number of alkyl halides is 1. The summed E-state index contributed by atoms with van der Waals surface area (Å²) in [6.07, 6.45) is 1.69. The number of esters is 1. The number of carbonyl (C=O) groups is 2. The van der Waals surface area contributed by atoms with Crippen molar-refractivity contribution in [3.8, 4) is 0 Å². The summed E-state index contributed by atoms with van der Waals surface area (Å²) in [5.41, 5.74) is -2.50. The minimum absolute atomic E-state index is 0.0818. The van der Waals surface area contributed by atoms with Gasteiger partial charge in [0, 0.05) is 13.0 Å². The summed E-state index contributed by atoms with van der Waals surface area (Å²) in [7, 11) is 1.47. The van der Waals surface area contributed by atoms with Gasteiger partial charge in [-0.2, -0.15) is 0 Å². The third-order valence-corrected chi connectivity index (χ3v) is 2.36. The van der Waals surface area contributed by atoms with Gasteiger partial charge in [-0.05, 0) is 6.42 Å². The van der Waals surface area contributed by atoms with Crippen LogP contribution in [-0.2, 0) is 14.3 Å². The molecule has 15 heavy (non-hydrogen) atoms. The molecule has 0 saturated carbocycles. The average Bonchev–Trinajstić information content (AvgIpc) is 2.22. The lowest BCUT2D eigenvalue weighted by Crippen LogP contribution is -2.54. The van der Waals surface area contributed by atoms with E-state index in [1.807, 2.05) is 0 Å². The van der Waals surface area contributed by atoms with Crippen LogP contribution in [0.1, 0.15) is 12.8 Å². The van der Waals surface area contributed by atoms with Gasteiger partial charge in [-0.15, -0.1) is 0 Å². The third kappa shape index (κ3) is 2.19. The van der Waals surface area contributed by atoms with Crippen LogP contribution >= 0.6 is 0 Å². The van der Waals surface area contributed by atoms with Gasteiger partial charge < -0.3 is 9.55 Å². The Morgan fingerprint density at radius 3 is 3.07 bits per heavy atom. The predicted molar refractivity (Wildman–Crippen MR) is 54.5 cm³/mol. The number of amides is 1. The summed E-state index contributed by atoms with van der Waals surface area (Å²) in [4.78, 5) is 24.0. The summed E-state index contributed by atoms with van der Waals surface area (Å²) < 4.78 is 18.6. The van der Waals surface area contributed by atoms with Crippen molar-refractivity contribution in [3.63, 3.8) is 0 Å². The minimum Gasteiger partial charge on any atom is -0.459 e. The number of rotatable bonds is 3. The van der Waals surface area contributed by atoms with Gasteiger partial charge in [-0.1, -0.05) is 12.7 Å². The van der Waals surface area contributed by atoms with E-state index >= 15 is 0 Å². The highest BCUT2D eigenvalue weighted by atomic mass is 19.1. The molecule has 0 aromatic carbocycles. The molecule has 6 heteroatoms.